The second kappa shape index (κ2) is 7.07. The number of carbonyl (C=O) groups is 2. The summed E-state index contributed by atoms with van der Waals surface area (Å²) in [6, 6.07) is 5.67. The number of aliphatic hydroxyl groups excluding tert-OH is 1. The number of hydrogen-bond donors (Lipinski definition) is 4. The first-order valence-corrected chi connectivity index (χ1v) is 11.4. The molecule has 7 nitrogen and oxygen atoms in total. The van der Waals surface area contributed by atoms with Gasteiger partial charge in [-0.3, -0.25) is 9.59 Å². The predicted octanol–water partition coefficient (Wildman–Crippen LogP) is 1.98. The van der Waals surface area contributed by atoms with Crippen molar-refractivity contribution < 1.29 is 24.5 Å². The number of ketones is 2. The second-order valence-corrected chi connectivity index (χ2v) is 9.33. The number of nitrogens with one attached hydrogen (secondary N) is 1. The van der Waals surface area contributed by atoms with Gasteiger partial charge in [0.15, 0.2) is 17.2 Å². The molecule has 5 atom stereocenters. The van der Waals surface area contributed by atoms with Gasteiger partial charge in [-0.1, -0.05) is 29.7 Å². The summed E-state index contributed by atoms with van der Waals surface area (Å²) in [7, 11) is 0. The number of phenols is 1. The third-order valence-electron chi connectivity index (χ3n) is 7.56. The maximum Gasteiger partial charge on any atom is 0.198 e. The van der Waals surface area contributed by atoms with Gasteiger partial charge in [0.2, 0.25) is 0 Å². The number of rotatable bonds is 2. The fraction of sp³-hybridized carbons (Fsp3) is 0.286. The van der Waals surface area contributed by atoms with Crippen LogP contribution in [0.5, 0.6) is 5.75 Å². The van der Waals surface area contributed by atoms with E-state index in [9.17, 15) is 19.8 Å². The predicted molar refractivity (Wildman–Crippen MR) is 128 cm³/mol. The molecule has 2 aliphatic carbocycles. The average Bonchev–Trinajstić information content (AvgIpc) is 3.57. The van der Waals surface area contributed by atoms with Crippen molar-refractivity contribution in [3.63, 3.8) is 0 Å². The SMILES string of the molecule is C[C@@H](O)[C@@]12O[C@]13c1cc(O)c4c(c1N[C@H]2C#C/C=C\C#C[C@@H]3C)C(=O)c1ccc(CN)cc1C4=O. The highest BCUT2D eigenvalue weighted by molar-refractivity contribution is 6.31. The Kier molecular flexibility index (Phi) is 4.37. The Balaban J connectivity index is 1.66. The number of carbonyl (C=O) groups excluding carboxylic acids is 2. The maximum absolute atomic E-state index is 13.8. The summed E-state index contributed by atoms with van der Waals surface area (Å²) < 4.78 is 6.39. The van der Waals surface area contributed by atoms with Crippen molar-refractivity contribution in [3.05, 3.63) is 69.8 Å². The molecule has 6 rings (SSSR count). The van der Waals surface area contributed by atoms with Gasteiger partial charge in [0.25, 0.3) is 0 Å². The molecule has 0 amide bonds. The minimum absolute atomic E-state index is 0.0688. The Hall–Kier alpha value is -3.88. The van der Waals surface area contributed by atoms with E-state index in [1.165, 1.54) is 6.07 Å². The van der Waals surface area contributed by atoms with E-state index >= 15 is 0 Å². The highest BCUT2D eigenvalue weighted by Crippen LogP contribution is 2.68. The van der Waals surface area contributed by atoms with Crippen LogP contribution in [0.3, 0.4) is 0 Å². The molecule has 0 spiro atoms. The van der Waals surface area contributed by atoms with Gasteiger partial charge in [0.05, 0.1) is 28.8 Å². The lowest BCUT2D eigenvalue weighted by Crippen LogP contribution is -2.53. The van der Waals surface area contributed by atoms with E-state index in [4.69, 9.17) is 10.5 Å². The van der Waals surface area contributed by atoms with Crippen molar-refractivity contribution in [3.8, 4) is 29.4 Å². The molecular formula is C28H22N2O5. The van der Waals surface area contributed by atoms with E-state index in [2.05, 4.69) is 29.0 Å². The van der Waals surface area contributed by atoms with Crippen LogP contribution in [0, 0.1) is 29.6 Å². The molecule has 2 aliphatic heterocycles. The lowest BCUT2D eigenvalue weighted by molar-refractivity contribution is 0.0868. The number of allylic oxidation sites excluding steroid dienone is 2. The van der Waals surface area contributed by atoms with Gasteiger partial charge in [-0.25, -0.2) is 0 Å². The first-order chi connectivity index (χ1) is 16.8. The highest BCUT2D eigenvalue weighted by Gasteiger charge is 2.81. The monoisotopic (exact) mass is 466 g/mol. The molecule has 2 heterocycles. The number of hydrogen-bond acceptors (Lipinski definition) is 7. The van der Waals surface area contributed by atoms with Crippen molar-refractivity contribution in [1.29, 1.82) is 0 Å². The van der Waals surface area contributed by atoms with Crippen molar-refractivity contribution in [1.82, 2.24) is 0 Å². The number of epoxide rings is 1. The van der Waals surface area contributed by atoms with Crippen molar-refractivity contribution >= 4 is 17.3 Å². The standard InChI is InChI=1S/C28H22N2O5/c1-14-7-5-3-4-6-8-21-28(15(2)31)27(14,35-28)19-12-20(32)22-23(24(19)30-21)25(33)17-10-9-16(13-29)11-18(17)26(22)34/h3-4,9-12,14-15,21,30-32H,13,29H2,1-2H3/b4-3-/t14-,15+,21-,27+,28-/m0/s1. The van der Waals surface area contributed by atoms with Gasteiger partial charge in [-0.2, -0.15) is 0 Å². The number of benzene rings is 2. The van der Waals surface area contributed by atoms with Crippen LogP contribution in [-0.4, -0.2) is 39.5 Å². The Bertz CT molecular complexity index is 1520. The summed E-state index contributed by atoms with van der Waals surface area (Å²) in [5.74, 6) is 10.5. The Morgan fingerprint density at radius 1 is 1.11 bits per heavy atom. The van der Waals surface area contributed by atoms with E-state index in [1.54, 1.807) is 37.3 Å². The van der Waals surface area contributed by atoms with Crippen LogP contribution in [0.2, 0.25) is 0 Å². The van der Waals surface area contributed by atoms with Crippen LogP contribution < -0.4 is 11.1 Å². The van der Waals surface area contributed by atoms with Crippen LogP contribution in [0.15, 0.2) is 36.4 Å². The molecular weight excluding hydrogens is 444 g/mol. The number of aliphatic hydroxyl groups is 1. The van der Waals surface area contributed by atoms with E-state index in [0.29, 0.717) is 16.8 Å². The highest BCUT2D eigenvalue weighted by atomic mass is 16.6. The van der Waals surface area contributed by atoms with Gasteiger partial charge in [0, 0.05) is 23.2 Å². The van der Waals surface area contributed by atoms with Gasteiger partial charge >= 0.3 is 0 Å². The summed E-state index contributed by atoms with van der Waals surface area (Å²) in [5.41, 5.74) is 5.46. The van der Waals surface area contributed by atoms with Crippen LogP contribution in [0.1, 0.15) is 56.8 Å². The first-order valence-electron chi connectivity index (χ1n) is 11.4. The summed E-state index contributed by atoms with van der Waals surface area (Å²) in [6.07, 6.45) is 2.32. The smallest absolute Gasteiger partial charge is 0.198 e. The Morgan fingerprint density at radius 2 is 1.83 bits per heavy atom. The fourth-order valence-corrected chi connectivity index (χ4v) is 5.90. The number of ether oxygens (including phenoxy) is 1. The average molecular weight is 466 g/mol. The number of anilines is 1. The lowest BCUT2D eigenvalue weighted by atomic mass is 9.67. The van der Waals surface area contributed by atoms with Crippen molar-refractivity contribution in [2.45, 2.75) is 43.7 Å². The number of nitrogens with two attached hydrogens (primary N) is 1. The molecule has 0 saturated carbocycles. The molecule has 4 aliphatic rings. The Morgan fingerprint density at radius 3 is 2.54 bits per heavy atom. The minimum Gasteiger partial charge on any atom is -0.507 e. The lowest BCUT2D eigenvalue weighted by Gasteiger charge is -2.38. The Labute approximate surface area is 202 Å². The largest absolute Gasteiger partial charge is 0.507 e. The van der Waals surface area contributed by atoms with Gasteiger partial charge < -0.3 is 26.0 Å². The molecule has 35 heavy (non-hydrogen) atoms. The molecule has 0 radical (unpaired) electrons. The zero-order valence-electron chi connectivity index (χ0n) is 19.1. The summed E-state index contributed by atoms with van der Waals surface area (Å²) in [6.45, 7) is 3.72. The normalized spacial score (nSPS) is 30.5. The molecule has 1 saturated heterocycles. The van der Waals surface area contributed by atoms with Crippen LogP contribution in [0.4, 0.5) is 5.69 Å². The van der Waals surface area contributed by atoms with Crippen LogP contribution in [0.25, 0.3) is 0 Å². The van der Waals surface area contributed by atoms with E-state index in [1.807, 2.05) is 6.92 Å². The van der Waals surface area contributed by atoms with Crippen molar-refractivity contribution in [2.24, 2.45) is 11.7 Å². The second-order valence-electron chi connectivity index (χ2n) is 9.33. The maximum atomic E-state index is 13.8. The van der Waals surface area contributed by atoms with E-state index in [-0.39, 0.29) is 34.5 Å². The fourth-order valence-electron chi connectivity index (χ4n) is 5.90. The first kappa shape index (κ1) is 21.6. The third kappa shape index (κ3) is 2.53. The zero-order chi connectivity index (χ0) is 24.7. The summed E-state index contributed by atoms with van der Waals surface area (Å²) in [5, 5.41) is 25.3. The van der Waals surface area contributed by atoms with E-state index in [0.717, 1.165) is 0 Å². The van der Waals surface area contributed by atoms with Gasteiger partial charge in [-0.05, 0) is 49.8 Å². The molecule has 2 aromatic carbocycles. The van der Waals surface area contributed by atoms with Crippen LogP contribution >= 0.6 is 0 Å². The van der Waals surface area contributed by atoms with Crippen molar-refractivity contribution in [2.75, 3.05) is 5.32 Å². The molecule has 1 fully saturated rings. The zero-order valence-corrected chi connectivity index (χ0v) is 19.1. The molecule has 2 aromatic rings. The quantitative estimate of drug-likeness (QED) is 0.259. The van der Waals surface area contributed by atoms with Gasteiger partial charge in [0.1, 0.15) is 17.4 Å². The topological polar surface area (TPSA) is 125 Å². The number of fused-ring (bicyclic) bond motifs is 4. The minimum atomic E-state index is -1.15. The van der Waals surface area contributed by atoms with Gasteiger partial charge in [-0.15, -0.1) is 0 Å². The number of phenolic OH excluding ortho intramolecular Hbond substituents is 1. The summed E-state index contributed by atoms with van der Waals surface area (Å²) >= 11 is 0. The number of aromatic hydroxyl groups is 1. The molecule has 7 heteroatoms. The van der Waals surface area contributed by atoms with E-state index < -0.39 is 40.8 Å². The summed E-state index contributed by atoms with van der Waals surface area (Å²) in [4.78, 5) is 27.3. The molecule has 0 unspecified atom stereocenters. The molecule has 0 aromatic heterocycles. The molecule has 5 N–H and O–H groups in total. The third-order valence-corrected chi connectivity index (χ3v) is 7.56. The molecule has 2 bridgehead atoms. The molecule has 174 valence electrons. The van der Waals surface area contributed by atoms with Crippen LogP contribution in [-0.2, 0) is 16.9 Å².